The van der Waals surface area contributed by atoms with E-state index in [0.717, 1.165) is 12.8 Å². The zero-order valence-corrected chi connectivity index (χ0v) is 14.6. The summed E-state index contributed by atoms with van der Waals surface area (Å²) >= 11 is 0. The summed E-state index contributed by atoms with van der Waals surface area (Å²) in [4.78, 5) is 17.6. The molecule has 0 aromatic rings. The van der Waals surface area contributed by atoms with E-state index in [4.69, 9.17) is 0 Å². The summed E-state index contributed by atoms with van der Waals surface area (Å²) in [5.41, 5.74) is 0.404. The summed E-state index contributed by atoms with van der Waals surface area (Å²) in [6.45, 7) is 5.04. The third kappa shape index (κ3) is 3.34. The second-order valence-electron chi connectivity index (χ2n) is 8.21. The van der Waals surface area contributed by atoms with Crippen molar-refractivity contribution in [2.45, 2.75) is 89.1 Å². The van der Waals surface area contributed by atoms with Crippen LogP contribution in [0.1, 0.15) is 77.6 Å². The summed E-state index contributed by atoms with van der Waals surface area (Å²) in [7, 11) is 2.07. The molecule has 2 saturated carbocycles. The number of likely N-dealkylation sites (tertiary alicyclic amines) is 1. The van der Waals surface area contributed by atoms with Gasteiger partial charge in [-0.2, -0.15) is 0 Å². The van der Waals surface area contributed by atoms with Crippen molar-refractivity contribution >= 4 is 5.91 Å². The largest absolute Gasteiger partial charge is 0.343 e. The van der Waals surface area contributed by atoms with E-state index >= 15 is 0 Å². The van der Waals surface area contributed by atoms with Gasteiger partial charge in [0.05, 0.1) is 0 Å². The van der Waals surface area contributed by atoms with Gasteiger partial charge in [0.2, 0.25) is 5.91 Å². The highest BCUT2D eigenvalue weighted by molar-refractivity contribution is 5.79. The predicted octanol–water partition coefficient (Wildman–Crippen LogP) is 3.82. The summed E-state index contributed by atoms with van der Waals surface area (Å²) in [6.07, 6.45) is 13.7. The van der Waals surface area contributed by atoms with Crippen LogP contribution in [0, 0.1) is 5.92 Å². The van der Waals surface area contributed by atoms with E-state index in [2.05, 4.69) is 23.8 Å². The molecule has 0 N–H and O–H groups in total. The Morgan fingerprint density at radius 2 is 1.55 bits per heavy atom. The molecule has 3 fully saturated rings. The van der Waals surface area contributed by atoms with Crippen LogP contribution in [0.5, 0.6) is 0 Å². The molecule has 22 heavy (non-hydrogen) atoms. The first kappa shape index (κ1) is 16.3. The highest BCUT2D eigenvalue weighted by Gasteiger charge is 2.39. The van der Waals surface area contributed by atoms with E-state index in [9.17, 15) is 4.79 Å². The highest BCUT2D eigenvalue weighted by Crippen LogP contribution is 2.37. The van der Waals surface area contributed by atoms with E-state index in [0.29, 0.717) is 23.4 Å². The molecule has 3 rings (SSSR count). The van der Waals surface area contributed by atoms with E-state index < -0.39 is 0 Å². The number of carbonyl (C=O) groups is 1. The molecule has 0 radical (unpaired) electrons. The summed E-state index contributed by atoms with van der Waals surface area (Å²) in [6, 6.07) is 0.491. The zero-order chi connectivity index (χ0) is 15.6. The van der Waals surface area contributed by atoms with Crippen LogP contribution in [0.4, 0.5) is 0 Å². The smallest absolute Gasteiger partial charge is 0.225 e. The van der Waals surface area contributed by atoms with Crippen LogP contribution in [-0.2, 0) is 4.79 Å². The van der Waals surface area contributed by atoms with Gasteiger partial charge in [0, 0.05) is 24.5 Å². The van der Waals surface area contributed by atoms with Crippen LogP contribution in [-0.4, -0.2) is 47.4 Å². The van der Waals surface area contributed by atoms with Crippen molar-refractivity contribution < 1.29 is 4.79 Å². The Bertz CT molecular complexity index is 375. The first-order valence-corrected chi connectivity index (χ1v) is 9.62. The molecule has 3 heteroatoms. The minimum absolute atomic E-state index is 0.325. The third-order valence-corrected chi connectivity index (χ3v) is 6.75. The summed E-state index contributed by atoms with van der Waals surface area (Å²) in [5, 5.41) is 0. The fourth-order valence-corrected chi connectivity index (χ4v) is 5.00. The van der Waals surface area contributed by atoms with Crippen molar-refractivity contribution in [2.24, 2.45) is 5.92 Å². The topological polar surface area (TPSA) is 23.6 Å². The lowest BCUT2D eigenvalue weighted by molar-refractivity contribution is -0.138. The quantitative estimate of drug-likeness (QED) is 0.791. The first-order chi connectivity index (χ1) is 10.6. The average molecular weight is 306 g/mol. The molecule has 0 spiro atoms. The van der Waals surface area contributed by atoms with E-state index in [-0.39, 0.29) is 0 Å². The Hall–Kier alpha value is -0.570. The lowest BCUT2D eigenvalue weighted by atomic mass is 9.78. The molecular weight excluding hydrogens is 272 g/mol. The van der Waals surface area contributed by atoms with Crippen molar-refractivity contribution in [3.8, 4) is 0 Å². The molecule has 0 atom stereocenters. The first-order valence-electron chi connectivity index (χ1n) is 9.62. The van der Waals surface area contributed by atoms with Gasteiger partial charge in [-0.3, -0.25) is 9.69 Å². The fraction of sp³-hybridized carbons (Fsp3) is 0.947. The van der Waals surface area contributed by atoms with Gasteiger partial charge < -0.3 is 4.90 Å². The molecule has 0 bridgehead atoms. The highest BCUT2D eigenvalue weighted by atomic mass is 16.2. The maximum atomic E-state index is 12.7. The molecule has 1 aliphatic heterocycles. The molecule has 1 amide bonds. The standard InChI is InChI=1S/C19H34N2O/c1-19(21-14-6-7-15-21)12-10-17(11-13-19)20(2)18(22)16-8-4-3-5-9-16/h16-17H,3-15H2,1-2H3. The van der Waals surface area contributed by atoms with Crippen LogP contribution in [0.3, 0.4) is 0 Å². The van der Waals surface area contributed by atoms with Crippen molar-refractivity contribution in [3.63, 3.8) is 0 Å². The Morgan fingerprint density at radius 3 is 2.14 bits per heavy atom. The molecule has 126 valence electrons. The van der Waals surface area contributed by atoms with Gasteiger partial charge in [0.15, 0.2) is 0 Å². The minimum Gasteiger partial charge on any atom is -0.343 e. The molecule has 1 saturated heterocycles. The van der Waals surface area contributed by atoms with Crippen LogP contribution < -0.4 is 0 Å². The monoisotopic (exact) mass is 306 g/mol. The van der Waals surface area contributed by atoms with Gasteiger partial charge in [-0.15, -0.1) is 0 Å². The van der Waals surface area contributed by atoms with Crippen molar-refractivity contribution in [1.29, 1.82) is 0 Å². The zero-order valence-electron chi connectivity index (χ0n) is 14.6. The fourth-order valence-electron chi connectivity index (χ4n) is 5.00. The van der Waals surface area contributed by atoms with E-state index in [1.165, 1.54) is 70.9 Å². The van der Waals surface area contributed by atoms with E-state index in [1.807, 2.05) is 0 Å². The number of hydrogen-bond acceptors (Lipinski definition) is 2. The third-order valence-electron chi connectivity index (χ3n) is 6.75. The number of rotatable bonds is 3. The SMILES string of the molecule is CN(C(=O)C1CCCCC1)C1CCC(C)(N2CCCC2)CC1. The Morgan fingerprint density at radius 1 is 0.955 bits per heavy atom. The lowest BCUT2D eigenvalue weighted by Crippen LogP contribution is -2.51. The van der Waals surface area contributed by atoms with Crippen LogP contribution in [0.25, 0.3) is 0 Å². The minimum atomic E-state index is 0.325. The molecule has 0 aromatic carbocycles. The van der Waals surface area contributed by atoms with E-state index in [1.54, 1.807) is 0 Å². The normalized spacial score (nSPS) is 34.7. The van der Waals surface area contributed by atoms with Crippen LogP contribution >= 0.6 is 0 Å². The number of amides is 1. The van der Waals surface area contributed by atoms with Crippen molar-refractivity contribution in [3.05, 3.63) is 0 Å². The van der Waals surface area contributed by atoms with Crippen LogP contribution in [0.2, 0.25) is 0 Å². The Kier molecular flexibility index (Phi) is 5.11. The number of carbonyl (C=O) groups excluding carboxylic acids is 1. The maximum Gasteiger partial charge on any atom is 0.225 e. The number of nitrogens with zero attached hydrogens (tertiary/aromatic N) is 2. The summed E-state index contributed by atoms with van der Waals surface area (Å²) in [5.74, 6) is 0.764. The average Bonchev–Trinajstić information content (AvgIpc) is 3.10. The molecule has 2 aliphatic carbocycles. The molecule has 3 aliphatic rings. The van der Waals surface area contributed by atoms with Gasteiger partial charge >= 0.3 is 0 Å². The molecule has 3 nitrogen and oxygen atoms in total. The van der Waals surface area contributed by atoms with Crippen molar-refractivity contribution in [1.82, 2.24) is 9.80 Å². The molecule has 1 heterocycles. The second kappa shape index (κ2) is 6.90. The van der Waals surface area contributed by atoms with Gasteiger partial charge in [-0.1, -0.05) is 19.3 Å². The molecule has 0 aromatic heterocycles. The maximum absolute atomic E-state index is 12.7. The van der Waals surface area contributed by atoms with Gasteiger partial charge in [0.25, 0.3) is 0 Å². The molecule has 0 unspecified atom stereocenters. The Balaban J connectivity index is 1.52. The summed E-state index contributed by atoms with van der Waals surface area (Å²) < 4.78 is 0. The lowest BCUT2D eigenvalue weighted by Gasteiger charge is -2.46. The van der Waals surface area contributed by atoms with Gasteiger partial charge in [-0.25, -0.2) is 0 Å². The Labute approximate surface area is 136 Å². The number of hydrogen-bond donors (Lipinski definition) is 0. The second-order valence-corrected chi connectivity index (χ2v) is 8.21. The van der Waals surface area contributed by atoms with Gasteiger partial charge in [-0.05, 0) is 71.4 Å². The predicted molar refractivity (Wildman–Crippen MR) is 90.8 cm³/mol. The van der Waals surface area contributed by atoms with Gasteiger partial charge in [0.1, 0.15) is 0 Å². The molecular formula is C19H34N2O. The van der Waals surface area contributed by atoms with Crippen LogP contribution in [0.15, 0.2) is 0 Å². The van der Waals surface area contributed by atoms with Crippen molar-refractivity contribution in [2.75, 3.05) is 20.1 Å².